The summed E-state index contributed by atoms with van der Waals surface area (Å²) >= 11 is 0. The number of rotatable bonds is 4. The number of ether oxygens (including phenoxy) is 1. The summed E-state index contributed by atoms with van der Waals surface area (Å²) in [4.78, 5) is 31.0. The lowest BCUT2D eigenvalue weighted by Crippen LogP contribution is -2.84. The Kier molecular flexibility index (Phi) is 3.63. The molecule has 1 saturated carbocycles. The second kappa shape index (κ2) is 5.28. The molecule has 1 atom stereocenters. The number of nitrogens with zero attached hydrogens (tertiary/aromatic N) is 2. The Labute approximate surface area is 144 Å². The summed E-state index contributed by atoms with van der Waals surface area (Å²) in [6, 6.07) is 0. The zero-order valence-electron chi connectivity index (χ0n) is 15.3. The SMILES string of the molecule is CCOC(=O)[C@H]1CCCC12N1CC3(CC)CN2CC(CC)(C1)C3=O. The first-order chi connectivity index (χ1) is 11.5. The van der Waals surface area contributed by atoms with Gasteiger partial charge in [0, 0.05) is 26.2 Å². The van der Waals surface area contributed by atoms with E-state index in [0.717, 1.165) is 58.3 Å². The largest absolute Gasteiger partial charge is 0.466 e. The number of ketones is 1. The third kappa shape index (κ3) is 1.78. The molecule has 4 bridgehead atoms. The number of Topliss-reactive ketones (excluding diaryl/α,β-unsaturated/α-hetero) is 1. The zero-order valence-corrected chi connectivity index (χ0v) is 15.3. The predicted octanol–water partition coefficient (Wildman–Crippen LogP) is 2.05. The van der Waals surface area contributed by atoms with Crippen LogP contribution in [0.1, 0.15) is 52.9 Å². The minimum absolute atomic E-state index is 0.0371. The molecule has 5 rings (SSSR count). The minimum Gasteiger partial charge on any atom is -0.466 e. The Hall–Kier alpha value is -0.940. The number of piperidine rings is 2. The maximum absolute atomic E-state index is 13.3. The van der Waals surface area contributed by atoms with Crippen LogP contribution in [0.4, 0.5) is 0 Å². The van der Waals surface area contributed by atoms with E-state index in [1.54, 1.807) is 0 Å². The highest BCUT2D eigenvalue weighted by Crippen LogP contribution is 2.59. The number of carbonyl (C=O) groups excluding carboxylic acids is 2. The van der Waals surface area contributed by atoms with Crippen molar-refractivity contribution in [1.29, 1.82) is 0 Å². The van der Waals surface area contributed by atoms with Gasteiger partial charge in [-0.25, -0.2) is 0 Å². The molecule has 5 nitrogen and oxygen atoms in total. The quantitative estimate of drug-likeness (QED) is 0.737. The highest BCUT2D eigenvalue weighted by molar-refractivity contribution is 5.93. The van der Waals surface area contributed by atoms with E-state index in [0.29, 0.717) is 12.4 Å². The van der Waals surface area contributed by atoms with Gasteiger partial charge in [-0.3, -0.25) is 19.4 Å². The summed E-state index contributed by atoms with van der Waals surface area (Å²) < 4.78 is 5.42. The van der Waals surface area contributed by atoms with Crippen LogP contribution in [0.25, 0.3) is 0 Å². The molecule has 5 fully saturated rings. The summed E-state index contributed by atoms with van der Waals surface area (Å²) in [6.45, 7) is 9.96. The fourth-order valence-electron chi connectivity index (χ4n) is 6.32. The average Bonchev–Trinajstić information content (AvgIpc) is 3.00. The van der Waals surface area contributed by atoms with E-state index in [1.165, 1.54) is 0 Å². The maximum Gasteiger partial charge on any atom is 0.312 e. The number of hydrogen-bond donors (Lipinski definition) is 0. The van der Waals surface area contributed by atoms with Crippen LogP contribution >= 0.6 is 0 Å². The first-order valence-corrected chi connectivity index (χ1v) is 9.69. The van der Waals surface area contributed by atoms with Gasteiger partial charge in [0.15, 0.2) is 0 Å². The van der Waals surface area contributed by atoms with Crippen LogP contribution < -0.4 is 0 Å². The van der Waals surface area contributed by atoms with Crippen LogP contribution in [0.3, 0.4) is 0 Å². The molecule has 4 heterocycles. The van der Waals surface area contributed by atoms with Crippen LogP contribution in [-0.4, -0.2) is 60.0 Å². The predicted molar refractivity (Wildman–Crippen MR) is 90.3 cm³/mol. The highest BCUT2D eigenvalue weighted by atomic mass is 16.5. The van der Waals surface area contributed by atoms with Gasteiger partial charge in [0.2, 0.25) is 0 Å². The molecule has 0 unspecified atom stereocenters. The molecule has 0 N–H and O–H groups in total. The van der Waals surface area contributed by atoms with Crippen molar-refractivity contribution >= 4 is 11.8 Å². The third-order valence-electron chi connectivity index (χ3n) is 7.55. The van der Waals surface area contributed by atoms with Gasteiger partial charge in [0.25, 0.3) is 0 Å². The van der Waals surface area contributed by atoms with Gasteiger partial charge >= 0.3 is 5.97 Å². The number of esters is 1. The molecule has 0 aromatic carbocycles. The van der Waals surface area contributed by atoms with E-state index >= 15 is 0 Å². The molecular weight excluding hydrogens is 304 g/mol. The van der Waals surface area contributed by atoms with Gasteiger partial charge in [0.1, 0.15) is 5.78 Å². The van der Waals surface area contributed by atoms with Crippen LogP contribution in [0.5, 0.6) is 0 Å². The standard InChI is InChI=1S/C19H30N2O3/c1-4-17-10-20-12-18(5-2,16(17)23)13-21(11-17)19(20)9-7-8-14(19)15(22)24-6-3/h14H,4-13H2,1-3H3/t14-,17?,18?,19?/m1/s1. The Morgan fingerprint density at radius 3 is 2.08 bits per heavy atom. The second-order valence-corrected chi connectivity index (χ2v) is 8.38. The van der Waals surface area contributed by atoms with Gasteiger partial charge in [-0.15, -0.1) is 0 Å². The molecule has 24 heavy (non-hydrogen) atoms. The topological polar surface area (TPSA) is 49.9 Å². The minimum atomic E-state index is -0.223. The second-order valence-electron chi connectivity index (χ2n) is 8.38. The van der Waals surface area contributed by atoms with Crippen molar-refractivity contribution in [3.63, 3.8) is 0 Å². The van der Waals surface area contributed by atoms with Gasteiger partial charge in [-0.05, 0) is 39.0 Å². The molecule has 1 aliphatic carbocycles. The fraction of sp³-hybridized carbons (Fsp3) is 0.895. The Bertz CT molecular complexity index is 531. The third-order valence-corrected chi connectivity index (χ3v) is 7.55. The number of hydrogen-bond acceptors (Lipinski definition) is 5. The van der Waals surface area contributed by atoms with Crippen molar-refractivity contribution in [3.8, 4) is 0 Å². The Balaban J connectivity index is 1.75. The molecule has 5 heteroatoms. The van der Waals surface area contributed by atoms with Crippen LogP contribution in [0.15, 0.2) is 0 Å². The fourth-order valence-corrected chi connectivity index (χ4v) is 6.32. The van der Waals surface area contributed by atoms with E-state index in [-0.39, 0.29) is 28.4 Å². The summed E-state index contributed by atoms with van der Waals surface area (Å²) in [7, 11) is 0. The van der Waals surface area contributed by atoms with Crippen molar-refractivity contribution in [3.05, 3.63) is 0 Å². The smallest absolute Gasteiger partial charge is 0.312 e. The van der Waals surface area contributed by atoms with Crippen LogP contribution in [0.2, 0.25) is 0 Å². The van der Waals surface area contributed by atoms with E-state index in [4.69, 9.17) is 4.74 Å². The van der Waals surface area contributed by atoms with Gasteiger partial charge in [0.05, 0.1) is 29.0 Å². The summed E-state index contributed by atoms with van der Waals surface area (Å²) in [5.74, 6) is 0.397. The Morgan fingerprint density at radius 1 is 1.08 bits per heavy atom. The molecule has 1 spiro atoms. The molecule has 0 amide bonds. The lowest BCUT2D eigenvalue weighted by atomic mass is 9.56. The highest BCUT2D eigenvalue weighted by Gasteiger charge is 2.71. The van der Waals surface area contributed by atoms with Gasteiger partial charge < -0.3 is 4.74 Å². The lowest BCUT2D eigenvalue weighted by Gasteiger charge is -2.71. The van der Waals surface area contributed by atoms with E-state index in [2.05, 4.69) is 23.6 Å². The molecule has 5 aliphatic rings. The molecule has 0 aromatic rings. The first kappa shape index (κ1) is 16.5. The molecule has 134 valence electrons. The monoisotopic (exact) mass is 334 g/mol. The molecule has 0 aromatic heterocycles. The molecule has 0 radical (unpaired) electrons. The first-order valence-electron chi connectivity index (χ1n) is 9.69. The van der Waals surface area contributed by atoms with E-state index in [1.807, 2.05) is 6.92 Å². The molecule has 4 aliphatic heterocycles. The van der Waals surface area contributed by atoms with E-state index < -0.39 is 0 Å². The van der Waals surface area contributed by atoms with Crippen LogP contribution in [0, 0.1) is 16.7 Å². The van der Waals surface area contributed by atoms with Crippen molar-refractivity contribution in [2.75, 3.05) is 32.8 Å². The zero-order chi connectivity index (χ0) is 17.2. The normalized spacial score (nSPS) is 49.1. The number of carbonyl (C=O) groups is 2. The summed E-state index contributed by atoms with van der Waals surface area (Å²) in [5.41, 5.74) is -0.636. The maximum atomic E-state index is 13.3. The van der Waals surface area contributed by atoms with Crippen molar-refractivity contribution in [2.45, 2.75) is 58.5 Å². The van der Waals surface area contributed by atoms with Gasteiger partial charge in [-0.2, -0.15) is 0 Å². The van der Waals surface area contributed by atoms with E-state index in [9.17, 15) is 9.59 Å². The summed E-state index contributed by atoms with van der Waals surface area (Å²) in [6.07, 6.45) is 4.83. The summed E-state index contributed by atoms with van der Waals surface area (Å²) in [5, 5.41) is 0. The van der Waals surface area contributed by atoms with Crippen molar-refractivity contribution in [2.24, 2.45) is 16.7 Å². The van der Waals surface area contributed by atoms with Crippen molar-refractivity contribution < 1.29 is 14.3 Å². The van der Waals surface area contributed by atoms with Crippen LogP contribution in [-0.2, 0) is 14.3 Å². The molecular formula is C19H30N2O3. The van der Waals surface area contributed by atoms with Crippen molar-refractivity contribution in [1.82, 2.24) is 9.80 Å². The lowest BCUT2D eigenvalue weighted by molar-refractivity contribution is -0.247. The molecule has 4 saturated heterocycles. The van der Waals surface area contributed by atoms with Gasteiger partial charge in [-0.1, -0.05) is 13.8 Å². The average molecular weight is 334 g/mol. The Morgan fingerprint density at radius 2 is 1.62 bits per heavy atom.